The van der Waals surface area contributed by atoms with E-state index in [4.69, 9.17) is 4.74 Å². The van der Waals surface area contributed by atoms with Crippen LogP contribution in [0.15, 0.2) is 78.0 Å². The van der Waals surface area contributed by atoms with Crippen LogP contribution in [0.25, 0.3) is 11.1 Å². The van der Waals surface area contributed by atoms with Crippen LogP contribution in [-0.2, 0) is 25.1 Å². The molecule has 0 fully saturated rings. The second kappa shape index (κ2) is 11.8. The molecule has 1 heterocycles. The number of nitrogens with zero attached hydrogens (tertiary/aromatic N) is 1. The van der Waals surface area contributed by atoms with Gasteiger partial charge in [0.15, 0.2) is 9.84 Å². The topological polar surface area (TPSA) is 102 Å². The van der Waals surface area contributed by atoms with Crippen LogP contribution in [0, 0.1) is 0 Å². The van der Waals surface area contributed by atoms with E-state index in [-0.39, 0.29) is 10.6 Å². The molecule has 1 atom stereocenters. The van der Waals surface area contributed by atoms with Gasteiger partial charge in [-0.1, -0.05) is 36.4 Å². The van der Waals surface area contributed by atoms with E-state index in [1.165, 1.54) is 25.6 Å². The number of ether oxygens (including phenoxy) is 1. The molecular weight excluding hydrogens is 472 g/mol. The van der Waals surface area contributed by atoms with Gasteiger partial charge in [-0.2, -0.15) is 11.8 Å². The van der Waals surface area contributed by atoms with Crippen molar-refractivity contribution < 1.29 is 22.7 Å². The molecule has 1 N–H and O–H groups in total. The first kappa shape index (κ1) is 25.5. The van der Waals surface area contributed by atoms with E-state index in [2.05, 4.69) is 10.3 Å². The Labute approximate surface area is 203 Å². The van der Waals surface area contributed by atoms with Crippen LogP contribution in [0.5, 0.6) is 0 Å². The molecule has 178 valence electrons. The predicted octanol–water partition coefficient (Wildman–Crippen LogP) is 3.75. The van der Waals surface area contributed by atoms with Crippen LogP contribution < -0.4 is 5.32 Å². The highest BCUT2D eigenvalue weighted by atomic mass is 32.2. The predicted molar refractivity (Wildman–Crippen MR) is 133 cm³/mol. The Balaban J connectivity index is 1.96. The maximum absolute atomic E-state index is 13.2. The highest BCUT2D eigenvalue weighted by molar-refractivity contribution is 7.98. The van der Waals surface area contributed by atoms with Crippen LogP contribution in [-0.4, -0.2) is 50.4 Å². The lowest BCUT2D eigenvalue weighted by Crippen LogP contribution is -2.42. The van der Waals surface area contributed by atoms with Crippen LogP contribution in [0.2, 0.25) is 0 Å². The van der Waals surface area contributed by atoms with Crippen LogP contribution in [0.3, 0.4) is 0 Å². The van der Waals surface area contributed by atoms with Gasteiger partial charge in [0.1, 0.15) is 6.04 Å². The maximum atomic E-state index is 13.2. The fourth-order valence-electron chi connectivity index (χ4n) is 3.43. The van der Waals surface area contributed by atoms with Crippen molar-refractivity contribution in [1.29, 1.82) is 0 Å². The third-order valence-electron chi connectivity index (χ3n) is 5.17. The fraction of sp³-hybridized carbons (Fsp3) is 0.240. The molecule has 0 unspecified atom stereocenters. The number of carbonyl (C=O) groups is 2. The molecule has 2 aromatic carbocycles. The Hall–Kier alpha value is -3.17. The molecule has 3 aromatic rings. The van der Waals surface area contributed by atoms with Gasteiger partial charge in [0.2, 0.25) is 0 Å². The summed E-state index contributed by atoms with van der Waals surface area (Å²) >= 11 is 1.57. The number of pyridine rings is 1. The van der Waals surface area contributed by atoms with Crippen molar-refractivity contribution in [1.82, 2.24) is 10.3 Å². The van der Waals surface area contributed by atoms with Crippen LogP contribution in [0.4, 0.5) is 0 Å². The van der Waals surface area contributed by atoms with Gasteiger partial charge in [-0.15, -0.1) is 0 Å². The SMILES string of the molecule is COC(=O)[C@H](CCSC)NC(=O)c1ccc(CS(=O)(=O)c2cccnc2)cc1-c1ccccc1. The average Bonchev–Trinajstić information content (AvgIpc) is 2.86. The number of esters is 1. The van der Waals surface area contributed by atoms with E-state index >= 15 is 0 Å². The minimum atomic E-state index is -3.62. The molecule has 0 saturated carbocycles. The highest BCUT2D eigenvalue weighted by Gasteiger charge is 2.24. The van der Waals surface area contributed by atoms with E-state index in [0.717, 1.165) is 5.56 Å². The van der Waals surface area contributed by atoms with Crippen LogP contribution in [0.1, 0.15) is 22.3 Å². The van der Waals surface area contributed by atoms with Gasteiger partial charge in [-0.3, -0.25) is 9.78 Å². The number of methoxy groups -OCH3 is 1. The van der Waals surface area contributed by atoms with Gasteiger partial charge >= 0.3 is 5.97 Å². The third kappa shape index (κ3) is 6.45. The number of hydrogen-bond acceptors (Lipinski definition) is 7. The summed E-state index contributed by atoms with van der Waals surface area (Å²) in [6.07, 6.45) is 5.18. The van der Waals surface area contributed by atoms with Gasteiger partial charge in [-0.25, -0.2) is 13.2 Å². The zero-order valence-electron chi connectivity index (χ0n) is 18.9. The second-order valence-electron chi connectivity index (χ2n) is 7.52. The van der Waals surface area contributed by atoms with E-state index < -0.39 is 27.8 Å². The van der Waals surface area contributed by atoms with E-state index in [1.54, 1.807) is 36.0 Å². The maximum Gasteiger partial charge on any atom is 0.328 e. The number of carbonyl (C=O) groups excluding carboxylic acids is 2. The molecule has 0 aliphatic rings. The average molecular weight is 499 g/mol. The normalized spacial score (nSPS) is 12.1. The number of rotatable bonds is 10. The summed E-state index contributed by atoms with van der Waals surface area (Å²) in [6.45, 7) is 0. The van der Waals surface area contributed by atoms with Crippen molar-refractivity contribution >= 4 is 33.5 Å². The number of benzene rings is 2. The highest BCUT2D eigenvalue weighted by Crippen LogP contribution is 2.27. The van der Waals surface area contributed by atoms with Crippen LogP contribution >= 0.6 is 11.8 Å². The number of thioether (sulfide) groups is 1. The minimum Gasteiger partial charge on any atom is -0.467 e. The van der Waals surface area contributed by atoms with Gasteiger partial charge in [-0.05, 0) is 59.4 Å². The molecule has 34 heavy (non-hydrogen) atoms. The molecule has 0 spiro atoms. The van der Waals surface area contributed by atoms with Crippen molar-refractivity contribution in [3.63, 3.8) is 0 Å². The summed E-state index contributed by atoms with van der Waals surface area (Å²) in [5.74, 6) is -0.504. The Morgan fingerprint density at radius 1 is 1.09 bits per heavy atom. The molecule has 0 bridgehead atoms. The molecule has 0 radical (unpaired) electrons. The lowest BCUT2D eigenvalue weighted by molar-refractivity contribution is -0.142. The van der Waals surface area contributed by atoms with E-state index in [9.17, 15) is 18.0 Å². The fourth-order valence-corrected chi connectivity index (χ4v) is 5.20. The molecular formula is C25H26N2O5S2. The number of nitrogens with one attached hydrogen (secondary N) is 1. The Kier molecular flexibility index (Phi) is 8.84. The van der Waals surface area contributed by atoms with Crippen molar-refractivity contribution in [2.75, 3.05) is 19.1 Å². The first-order valence-electron chi connectivity index (χ1n) is 10.5. The quantitative estimate of drug-likeness (QED) is 0.425. The number of amides is 1. The Bertz CT molecular complexity index is 1230. The monoisotopic (exact) mass is 498 g/mol. The molecule has 7 nitrogen and oxygen atoms in total. The summed E-state index contributed by atoms with van der Waals surface area (Å²) in [6, 6.07) is 16.4. The minimum absolute atomic E-state index is 0.132. The summed E-state index contributed by atoms with van der Waals surface area (Å²) in [5, 5.41) is 2.77. The molecule has 0 aliphatic carbocycles. The summed E-state index contributed by atoms with van der Waals surface area (Å²) in [4.78, 5) is 29.4. The molecule has 3 rings (SSSR count). The van der Waals surface area contributed by atoms with Crippen molar-refractivity contribution in [2.45, 2.75) is 23.1 Å². The van der Waals surface area contributed by atoms with Gasteiger partial charge < -0.3 is 10.1 Å². The van der Waals surface area contributed by atoms with E-state index in [0.29, 0.717) is 28.9 Å². The first-order valence-corrected chi connectivity index (χ1v) is 13.6. The number of sulfone groups is 1. The zero-order chi connectivity index (χ0) is 24.6. The molecule has 1 aromatic heterocycles. The van der Waals surface area contributed by atoms with Gasteiger partial charge in [0.25, 0.3) is 5.91 Å². The zero-order valence-corrected chi connectivity index (χ0v) is 20.6. The summed E-state index contributed by atoms with van der Waals surface area (Å²) in [7, 11) is -2.33. The largest absolute Gasteiger partial charge is 0.467 e. The molecule has 0 saturated heterocycles. The standard InChI is InChI=1S/C25H26N2O5S2/c1-32-25(29)23(12-14-33-2)27-24(28)21-11-10-18(15-22(21)19-7-4-3-5-8-19)17-34(30,31)20-9-6-13-26-16-20/h3-11,13,15-16,23H,12,14,17H2,1-2H3,(H,27,28)/t23-/m0/s1. The number of aromatic nitrogens is 1. The summed E-state index contributed by atoms with van der Waals surface area (Å²) < 4.78 is 30.5. The smallest absolute Gasteiger partial charge is 0.328 e. The van der Waals surface area contributed by atoms with Crippen molar-refractivity contribution in [2.24, 2.45) is 0 Å². The van der Waals surface area contributed by atoms with Gasteiger partial charge in [0, 0.05) is 18.0 Å². The summed E-state index contributed by atoms with van der Waals surface area (Å²) in [5.41, 5.74) is 2.20. The van der Waals surface area contributed by atoms with Crippen molar-refractivity contribution in [3.8, 4) is 11.1 Å². The molecule has 0 aliphatic heterocycles. The number of hydrogen-bond donors (Lipinski definition) is 1. The second-order valence-corrected chi connectivity index (χ2v) is 10.5. The van der Waals surface area contributed by atoms with E-state index in [1.807, 2.05) is 36.6 Å². The molecule has 9 heteroatoms. The Morgan fingerprint density at radius 2 is 1.85 bits per heavy atom. The third-order valence-corrected chi connectivity index (χ3v) is 7.48. The van der Waals surface area contributed by atoms with Crippen molar-refractivity contribution in [3.05, 3.63) is 84.2 Å². The Morgan fingerprint density at radius 3 is 2.50 bits per heavy atom. The first-order chi connectivity index (χ1) is 16.4. The van der Waals surface area contributed by atoms with Gasteiger partial charge in [0.05, 0.1) is 17.8 Å². The lowest BCUT2D eigenvalue weighted by Gasteiger charge is -2.18. The lowest BCUT2D eigenvalue weighted by atomic mass is 9.97. The molecule has 1 amide bonds.